The minimum absolute atomic E-state index is 0.0391. The van der Waals surface area contributed by atoms with Gasteiger partial charge in [-0.05, 0) is 25.3 Å². The van der Waals surface area contributed by atoms with E-state index in [-0.39, 0.29) is 6.03 Å². The lowest BCUT2D eigenvalue weighted by molar-refractivity contribution is 0.0158. The van der Waals surface area contributed by atoms with Crippen LogP contribution in [0.15, 0.2) is 12.3 Å². The minimum Gasteiger partial charge on any atom is -0.381 e. The standard InChI is InChI=1S/C16H27N5O2/c1-19(2)16(22)17-7-3-14-11-20(13-5-9-23-10-6-13)12-15-4-8-18-21(14)15/h4,8,13-14H,3,5-7,9-12H2,1-2H3,(H,17,22). The molecule has 1 N–H and O–H groups in total. The van der Waals surface area contributed by atoms with Crippen LogP contribution >= 0.6 is 0 Å². The van der Waals surface area contributed by atoms with E-state index in [1.54, 1.807) is 19.0 Å². The van der Waals surface area contributed by atoms with Crippen LogP contribution in [0.1, 0.15) is 31.0 Å². The maximum Gasteiger partial charge on any atom is 0.316 e. The van der Waals surface area contributed by atoms with Gasteiger partial charge in [-0.2, -0.15) is 5.10 Å². The maximum atomic E-state index is 11.7. The van der Waals surface area contributed by atoms with Crippen molar-refractivity contribution in [1.29, 1.82) is 0 Å². The van der Waals surface area contributed by atoms with Gasteiger partial charge in [0.25, 0.3) is 0 Å². The van der Waals surface area contributed by atoms with E-state index in [1.807, 2.05) is 6.20 Å². The second-order valence-electron chi connectivity index (χ2n) is 6.61. The molecule has 0 aliphatic carbocycles. The normalized spacial score (nSPS) is 22.6. The molecule has 0 radical (unpaired) electrons. The van der Waals surface area contributed by atoms with Gasteiger partial charge in [0.15, 0.2) is 0 Å². The van der Waals surface area contributed by atoms with E-state index in [2.05, 4.69) is 26.1 Å². The molecule has 1 saturated heterocycles. The number of aromatic nitrogens is 2. The van der Waals surface area contributed by atoms with E-state index in [9.17, 15) is 4.79 Å². The van der Waals surface area contributed by atoms with Crippen LogP contribution < -0.4 is 5.32 Å². The number of nitrogens with one attached hydrogen (secondary N) is 1. The van der Waals surface area contributed by atoms with Gasteiger partial charge in [-0.3, -0.25) is 9.58 Å². The second kappa shape index (κ2) is 7.31. The fourth-order valence-electron chi connectivity index (χ4n) is 3.46. The average molecular weight is 321 g/mol. The number of fused-ring (bicyclic) bond motifs is 1. The van der Waals surface area contributed by atoms with Gasteiger partial charge in [-0.1, -0.05) is 0 Å². The molecule has 3 heterocycles. The number of carbonyl (C=O) groups is 1. The molecule has 0 bridgehead atoms. The second-order valence-corrected chi connectivity index (χ2v) is 6.61. The molecule has 3 rings (SSSR count). The van der Waals surface area contributed by atoms with Crippen LogP contribution in [0.4, 0.5) is 4.79 Å². The highest BCUT2D eigenvalue weighted by molar-refractivity contribution is 5.73. The Morgan fingerprint density at radius 1 is 1.43 bits per heavy atom. The Balaban J connectivity index is 1.61. The third kappa shape index (κ3) is 3.84. The number of urea groups is 1. The molecule has 0 aromatic carbocycles. The molecule has 1 aromatic rings. The van der Waals surface area contributed by atoms with Crippen LogP contribution in [0.3, 0.4) is 0 Å². The lowest BCUT2D eigenvalue weighted by Gasteiger charge is -2.40. The van der Waals surface area contributed by atoms with Crippen molar-refractivity contribution in [3.8, 4) is 0 Å². The molecule has 7 nitrogen and oxygen atoms in total. The van der Waals surface area contributed by atoms with Crippen LogP contribution in [0.25, 0.3) is 0 Å². The van der Waals surface area contributed by atoms with Crippen LogP contribution in [0, 0.1) is 0 Å². The van der Waals surface area contributed by atoms with Crippen LogP contribution in [-0.4, -0.2) is 72.1 Å². The SMILES string of the molecule is CN(C)C(=O)NCCC1CN(C2CCOCC2)Cc2ccnn21. The van der Waals surface area contributed by atoms with Gasteiger partial charge < -0.3 is 15.0 Å². The molecule has 1 fully saturated rings. The van der Waals surface area contributed by atoms with Crippen molar-refractivity contribution in [2.45, 2.75) is 37.9 Å². The van der Waals surface area contributed by atoms with Crippen molar-refractivity contribution in [1.82, 2.24) is 24.9 Å². The topological polar surface area (TPSA) is 62.6 Å². The number of amides is 2. The van der Waals surface area contributed by atoms with Crippen molar-refractivity contribution in [2.24, 2.45) is 0 Å². The summed E-state index contributed by atoms with van der Waals surface area (Å²) in [7, 11) is 3.52. The zero-order chi connectivity index (χ0) is 16.2. The highest BCUT2D eigenvalue weighted by Gasteiger charge is 2.30. The third-order valence-electron chi connectivity index (χ3n) is 4.78. The van der Waals surface area contributed by atoms with Crippen molar-refractivity contribution in [3.63, 3.8) is 0 Å². The van der Waals surface area contributed by atoms with Gasteiger partial charge >= 0.3 is 6.03 Å². The molecular formula is C16H27N5O2. The third-order valence-corrected chi connectivity index (χ3v) is 4.78. The molecule has 128 valence electrons. The lowest BCUT2D eigenvalue weighted by atomic mass is 10.0. The van der Waals surface area contributed by atoms with Gasteiger partial charge in [0.05, 0.1) is 11.7 Å². The van der Waals surface area contributed by atoms with Crippen LogP contribution in [0.2, 0.25) is 0 Å². The highest BCUT2D eigenvalue weighted by atomic mass is 16.5. The van der Waals surface area contributed by atoms with Gasteiger partial charge in [-0.15, -0.1) is 0 Å². The fourth-order valence-corrected chi connectivity index (χ4v) is 3.46. The highest BCUT2D eigenvalue weighted by Crippen LogP contribution is 2.27. The number of hydrogen-bond acceptors (Lipinski definition) is 4. The summed E-state index contributed by atoms with van der Waals surface area (Å²) in [6.45, 7) is 4.36. The van der Waals surface area contributed by atoms with Gasteiger partial charge in [0, 0.05) is 59.2 Å². The molecule has 2 amide bonds. The Bertz CT molecular complexity index is 524. The van der Waals surface area contributed by atoms with Crippen molar-refractivity contribution >= 4 is 6.03 Å². The number of carbonyl (C=O) groups excluding carboxylic acids is 1. The zero-order valence-electron chi connectivity index (χ0n) is 14.1. The quantitative estimate of drug-likeness (QED) is 0.901. The summed E-state index contributed by atoms with van der Waals surface area (Å²) in [6.07, 6.45) is 5.00. The molecule has 0 spiro atoms. The first-order chi connectivity index (χ1) is 11.1. The zero-order valence-corrected chi connectivity index (χ0v) is 14.1. The summed E-state index contributed by atoms with van der Waals surface area (Å²) in [6, 6.07) is 2.99. The first kappa shape index (κ1) is 16.3. The summed E-state index contributed by atoms with van der Waals surface area (Å²) < 4.78 is 7.63. The Kier molecular flexibility index (Phi) is 5.17. The molecule has 0 saturated carbocycles. The summed E-state index contributed by atoms with van der Waals surface area (Å²) >= 11 is 0. The van der Waals surface area contributed by atoms with Gasteiger partial charge in [0.1, 0.15) is 0 Å². The van der Waals surface area contributed by atoms with Crippen molar-refractivity contribution in [2.75, 3.05) is 40.4 Å². The summed E-state index contributed by atoms with van der Waals surface area (Å²) in [5.74, 6) is 0. The van der Waals surface area contributed by atoms with E-state index in [0.717, 1.165) is 45.6 Å². The lowest BCUT2D eigenvalue weighted by Crippen LogP contribution is -2.46. The molecular weight excluding hydrogens is 294 g/mol. The summed E-state index contributed by atoms with van der Waals surface area (Å²) in [4.78, 5) is 15.8. The van der Waals surface area contributed by atoms with Crippen LogP contribution in [0.5, 0.6) is 0 Å². The molecule has 1 aromatic heterocycles. The Hall–Kier alpha value is -1.60. The molecule has 1 unspecified atom stereocenters. The Morgan fingerprint density at radius 2 is 2.22 bits per heavy atom. The summed E-state index contributed by atoms with van der Waals surface area (Å²) in [5.41, 5.74) is 1.27. The van der Waals surface area contributed by atoms with Crippen molar-refractivity contribution in [3.05, 3.63) is 18.0 Å². The smallest absolute Gasteiger partial charge is 0.316 e. The van der Waals surface area contributed by atoms with E-state index in [0.29, 0.717) is 18.6 Å². The molecule has 2 aliphatic rings. The molecule has 7 heteroatoms. The van der Waals surface area contributed by atoms with Crippen LogP contribution in [-0.2, 0) is 11.3 Å². The maximum absolute atomic E-state index is 11.7. The van der Waals surface area contributed by atoms with Crippen molar-refractivity contribution < 1.29 is 9.53 Å². The van der Waals surface area contributed by atoms with E-state index < -0.39 is 0 Å². The van der Waals surface area contributed by atoms with E-state index in [1.165, 1.54) is 5.69 Å². The monoisotopic (exact) mass is 321 g/mol. The number of rotatable bonds is 4. The largest absolute Gasteiger partial charge is 0.381 e. The van der Waals surface area contributed by atoms with E-state index in [4.69, 9.17) is 4.74 Å². The van der Waals surface area contributed by atoms with Gasteiger partial charge in [-0.25, -0.2) is 4.79 Å². The fraction of sp³-hybridized carbons (Fsp3) is 0.750. The average Bonchev–Trinajstić information content (AvgIpc) is 3.04. The minimum atomic E-state index is -0.0391. The first-order valence-corrected chi connectivity index (χ1v) is 8.44. The number of hydrogen-bond donors (Lipinski definition) is 1. The van der Waals surface area contributed by atoms with Gasteiger partial charge in [0.2, 0.25) is 0 Å². The van der Waals surface area contributed by atoms with E-state index >= 15 is 0 Å². The molecule has 1 atom stereocenters. The Morgan fingerprint density at radius 3 is 2.96 bits per heavy atom. The predicted molar refractivity (Wildman–Crippen MR) is 87.2 cm³/mol. The number of nitrogens with zero attached hydrogens (tertiary/aromatic N) is 4. The molecule has 23 heavy (non-hydrogen) atoms. The summed E-state index contributed by atoms with van der Waals surface area (Å²) in [5, 5.41) is 7.45. The number of ether oxygens (including phenoxy) is 1. The Labute approximate surface area is 137 Å². The predicted octanol–water partition coefficient (Wildman–Crippen LogP) is 1.08. The molecule has 2 aliphatic heterocycles. The first-order valence-electron chi connectivity index (χ1n) is 8.44.